The number of allylic oxidation sites excluding steroid dienone is 1. The molecule has 0 aliphatic carbocycles. The maximum atomic E-state index is 10.9. The molecular weight excluding hydrogens is 284 g/mol. The zero-order valence-corrected chi connectivity index (χ0v) is 15.8. The Labute approximate surface area is 145 Å². The molecule has 0 aliphatic heterocycles. The van der Waals surface area contributed by atoms with Crippen LogP contribution in [0.1, 0.15) is 110 Å². The van der Waals surface area contributed by atoms with Gasteiger partial charge in [0.25, 0.3) is 0 Å². The standard InChI is InChI=1S/C21H40O2/c1-3-4-5-6-7-8-9-10-11-12-13-14-15-16-17-18-19-20-21(22)23-2/h19-20H,3-18H2,1-2H3/b20-19+. The molecule has 0 spiro atoms. The summed E-state index contributed by atoms with van der Waals surface area (Å²) in [5, 5.41) is 0. The van der Waals surface area contributed by atoms with Gasteiger partial charge in [-0.1, -0.05) is 103 Å². The Kier molecular flexibility index (Phi) is 18.6. The fourth-order valence-electron chi connectivity index (χ4n) is 2.88. The minimum atomic E-state index is -0.244. The van der Waals surface area contributed by atoms with Crippen LogP contribution >= 0.6 is 0 Å². The SMILES string of the molecule is CCCCCCCCCCCCCCCCC/C=C/C(=O)OC. The summed E-state index contributed by atoms with van der Waals surface area (Å²) in [6, 6.07) is 0. The molecule has 0 aromatic carbocycles. The predicted octanol–water partition coefficient (Wildman–Crippen LogP) is 6.98. The van der Waals surface area contributed by atoms with E-state index in [1.54, 1.807) is 0 Å². The van der Waals surface area contributed by atoms with Crippen LogP contribution in [0.2, 0.25) is 0 Å². The maximum absolute atomic E-state index is 10.9. The molecule has 0 aromatic heterocycles. The van der Waals surface area contributed by atoms with Crippen molar-refractivity contribution in [2.24, 2.45) is 0 Å². The molecule has 0 radical (unpaired) electrons. The van der Waals surface area contributed by atoms with Crippen molar-refractivity contribution in [3.05, 3.63) is 12.2 Å². The molecule has 136 valence electrons. The molecule has 0 aromatic rings. The topological polar surface area (TPSA) is 26.3 Å². The van der Waals surface area contributed by atoms with Crippen LogP contribution in [-0.4, -0.2) is 13.1 Å². The van der Waals surface area contributed by atoms with Gasteiger partial charge in [-0.3, -0.25) is 0 Å². The second-order valence-electron chi connectivity index (χ2n) is 6.66. The van der Waals surface area contributed by atoms with Crippen molar-refractivity contribution in [1.82, 2.24) is 0 Å². The lowest BCUT2D eigenvalue weighted by Crippen LogP contribution is -1.93. The zero-order valence-electron chi connectivity index (χ0n) is 15.8. The first-order valence-corrected chi connectivity index (χ1v) is 10.1. The molecule has 2 nitrogen and oxygen atoms in total. The second-order valence-corrected chi connectivity index (χ2v) is 6.66. The minimum Gasteiger partial charge on any atom is -0.466 e. The van der Waals surface area contributed by atoms with E-state index < -0.39 is 0 Å². The lowest BCUT2D eigenvalue weighted by molar-refractivity contribution is -0.134. The molecule has 0 saturated heterocycles. The third-order valence-electron chi connectivity index (χ3n) is 4.43. The lowest BCUT2D eigenvalue weighted by atomic mass is 10.0. The van der Waals surface area contributed by atoms with Gasteiger partial charge in [-0.15, -0.1) is 0 Å². The Hall–Kier alpha value is -0.790. The van der Waals surface area contributed by atoms with Crippen LogP contribution in [0.5, 0.6) is 0 Å². The van der Waals surface area contributed by atoms with Crippen molar-refractivity contribution in [2.75, 3.05) is 7.11 Å². The molecule has 0 heterocycles. The lowest BCUT2D eigenvalue weighted by Gasteiger charge is -2.03. The van der Waals surface area contributed by atoms with E-state index in [1.807, 2.05) is 6.08 Å². The van der Waals surface area contributed by atoms with E-state index in [1.165, 1.54) is 109 Å². The van der Waals surface area contributed by atoms with Crippen molar-refractivity contribution >= 4 is 5.97 Å². The van der Waals surface area contributed by atoms with E-state index in [-0.39, 0.29) is 5.97 Å². The van der Waals surface area contributed by atoms with Crippen molar-refractivity contribution in [1.29, 1.82) is 0 Å². The number of rotatable bonds is 17. The summed E-state index contributed by atoms with van der Waals surface area (Å²) in [6.45, 7) is 2.28. The van der Waals surface area contributed by atoms with Crippen LogP contribution in [0.25, 0.3) is 0 Å². The second kappa shape index (κ2) is 19.3. The van der Waals surface area contributed by atoms with Gasteiger partial charge in [0.1, 0.15) is 0 Å². The molecule has 0 unspecified atom stereocenters. The number of unbranched alkanes of at least 4 members (excludes halogenated alkanes) is 15. The number of ether oxygens (including phenoxy) is 1. The van der Waals surface area contributed by atoms with Gasteiger partial charge in [0.05, 0.1) is 7.11 Å². The van der Waals surface area contributed by atoms with Crippen LogP contribution in [0.3, 0.4) is 0 Å². The van der Waals surface area contributed by atoms with E-state index in [2.05, 4.69) is 11.7 Å². The van der Waals surface area contributed by atoms with E-state index >= 15 is 0 Å². The van der Waals surface area contributed by atoms with Crippen molar-refractivity contribution < 1.29 is 9.53 Å². The monoisotopic (exact) mass is 324 g/mol. The number of hydrogen-bond donors (Lipinski definition) is 0. The first-order valence-electron chi connectivity index (χ1n) is 10.1. The Morgan fingerprint density at radius 3 is 1.48 bits per heavy atom. The summed E-state index contributed by atoms with van der Waals surface area (Å²) in [5.74, 6) is -0.244. The number of hydrogen-bond acceptors (Lipinski definition) is 2. The first-order chi connectivity index (χ1) is 11.3. The third kappa shape index (κ3) is 19.2. The fourth-order valence-corrected chi connectivity index (χ4v) is 2.88. The molecule has 0 bridgehead atoms. The van der Waals surface area contributed by atoms with Gasteiger partial charge in [0.2, 0.25) is 0 Å². The van der Waals surface area contributed by atoms with Gasteiger partial charge in [0, 0.05) is 6.08 Å². The minimum absolute atomic E-state index is 0.244. The fraction of sp³-hybridized carbons (Fsp3) is 0.857. The highest BCUT2D eigenvalue weighted by molar-refractivity contribution is 5.81. The zero-order chi connectivity index (χ0) is 17.0. The van der Waals surface area contributed by atoms with Crippen LogP contribution in [-0.2, 0) is 9.53 Å². The number of carbonyl (C=O) groups is 1. The van der Waals surface area contributed by atoms with Crippen molar-refractivity contribution in [2.45, 2.75) is 110 Å². The van der Waals surface area contributed by atoms with Gasteiger partial charge in [0.15, 0.2) is 0 Å². The highest BCUT2D eigenvalue weighted by Crippen LogP contribution is 2.13. The molecule has 2 heteroatoms. The molecule has 0 saturated carbocycles. The van der Waals surface area contributed by atoms with Gasteiger partial charge in [-0.2, -0.15) is 0 Å². The molecular formula is C21H40O2. The molecule has 0 fully saturated rings. The Morgan fingerprint density at radius 2 is 1.09 bits per heavy atom. The first kappa shape index (κ1) is 22.2. The summed E-state index contributed by atoms with van der Waals surface area (Å²) < 4.78 is 4.55. The average molecular weight is 325 g/mol. The summed E-state index contributed by atoms with van der Waals surface area (Å²) in [5.41, 5.74) is 0. The predicted molar refractivity (Wildman–Crippen MR) is 101 cm³/mol. The Balaban J connectivity index is 3.05. The number of esters is 1. The van der Waals surface area contributed by atoms with Crippen molar-refractivity contribution in [3.63, 3.8) is 0 Å². The molecule has 0 aliphatic rings. The smallest absolute Gasteiger partial charge is 0.330 e. The number of methoxy groups -OCH3 is 1. The molecule has 0 atom stereocenters. The summed E-state index contributed by atoms with van der Waals surface area (Å²) in [4.78, 5) is 10.9. The van der Waals surface area contributed by atoms with Crippen LogP contribution in [0, 0.1) is 0 Å². The summed E-state index contributed by atoms with van der Waals surface area (Å²) in [6.07, 6.45) is 25.3. The largest absolute Gasteiger partial charge is 0.466 e. The third-order valence-corrected chi connectivity index (χ3v) is 4.43. The quantitative estimate of drug-likeness (QED) is 0.164. The van der Waals surface area contributed by atoms with Gasteiger partial charge in [-0.25, -0.2) is 4.79 Å². The molecule has 0 N–H and O–H groups in total. The summed E-state index contributed by atoms with van der Waals surface area (Å²) in [7, 11) is 1.42. The van der Waals surface area contributed by atoms with Crippen LogP contribution < -0.4 is 0 Å². The molecule has 0 rings (SSSR count). The highest BCUT2D eigenvalue weighted by Gasteiger charge is 1.94. The van der Waals surface area contributed by atoms with E-state index in [0.717, 1.165) is 6.42 Å². The average Bonchev–Trinajstić information content (AvgIpc) is 2.57. The van der Waals surface area contributed by atoms with Crippen molar-refractivity contribution in [3.8, 4) is 0 Å². The van der Waals surface area contributed by atoms with Gasteiger partial charge >= 0.3 is 5.97 Å². The van der Waals surface area contributed by atoms with Gasteiger partial charge in [-0.05, 0) is 12.8 Å². The van der Waals surface area contributed by atoms with Crippen LogP contribution in [0.15, 0.2) is 12.2 Å². The highest BCUT2D eigenvalue weighted by atomic mass is 16.5. The molecule has 23 heavy (non-hydrogen) atoms. The van der Waals surface area contributed by atoms with E-state index in [4.69, 9.17) is 0 Å². The Bertz CT molecular complexity index is 271. The van der Waals surface area contributed by atoms with E-state index in [0.29, 0.717) is 0 Å². The number of carbonyl (C=O) groups excluding carboxylic acids is 1. The maximum Gasteiger partial charge on any atom is 0.330 e. The van der Waals surface area contributed by atoms with E-state index in [9.17, 15) is 4.79 Å². The van der Waals surface area contributed by atoms with Gasteiger partial charge < -0.3 is 4.74 Å². The summed E-state index contributed by atoms with van der Waals surface area (Å²) >= 11 is 0. The normalized spacial score (nSPS) is 11.2. The Morgan fingerprint density at radius 1 is 0.696 bits per heavy atom. The molecule has 0 amide bonds. The van der Waals surface area contributed by atoms with Crippen LogP contribution in [0.4, 0.5) is 0 Å².